The van der Waals surface area contributed by atoms with Crippen molar-refractivity contribution in [1.82, 2.24) is 14.9 Å². The number of hydrogen-bond donors (Lipinski definition) is 1. The predicted octanol–water partition coefficient (Wildman–Crippen LogP) is 8.53. The van der Waals surface area contributed by atoms with Gasteiger partial charge in [-0.05, 0) is 117 Å². The van der Waals surface area contributed by atoms with Gasteiger partial charge in [0.1, 0.15) is 11.5 Å². The van der Waals surface area contributed by atoms with Crippen molar-refractivity contribution in [3.63, 3.8) is 0 Å². The molecule has 7 heteroatoms. The van der Waals surface area contributed by atoms with Crippen LogP contribution >= 0.6 is 28.1 Å². The van der Waals surface area contributed by atoms with Gasteiger partial charge < -0.3 is 19.5 Å². The van der Waals surface area contributed by atoms with Crippen molar-refractivity contribution in [2.24, 2.45) is 0 Å². The molecule has 0 bridgehead atoms. The normalized spacial score (nSPS) is 16.7. The number of pyridine rings is 1. The summed E-state index contributed by atoms with van der Waals surface area (Å²) < 4.78 is 9.52. The maximum Gasteiger partial charge on any atom is 0.174 e. The number of aryl methyl sites for hydroxylation is 2. The summed E-state index contributed by atoms with van der Waals surface area (Å²) >= 11 is 9.53. The Kier molecular flexibility index (Phi) is 7.17. The van der Waals surface area contributed by atoms with Crippen molar-refractivity contribution in [1.29, 1.82) is 0 Å². The van der Waals surface area contributed by atoms with Crippen LogP contribution in [-0.4, -0.2) is 14.7 Å². The molecule has 1 aliphatic heterocycles. The van der Waals surface area contributed by atoms with E-state index in [1.54, 1.807) is 0 Å². The molecule has 1 N–H and O–H groups in total. The van der Waals surface area contributed by atoms with E-state index in [1.807, 2.05) is 61.7 Å². The Hall–Kier alpha value is -3.94. The van der Waals surface area contributed by atoms with Gasteiger partial charge in [0.05, 0.1) is 17.8 Å². The highest BCUT2D eigenvalue weighted by Crippen LogP contribution is 2.44. The molecule has 1 aliphatic rings. The number of ether oxygens (including phenoxy) is 1. The number of nitrogens with one attached hydrogen (secondary N) is 1. The number of thiocarbonyl (C=S) groups is 1. The fourth-order valence-corrected chi connectivity index (χ4v) is 6.11. The van der Waals surface area contributed by atoms with Gasteiger partial charge in [-0.2, -0.15) is 0 Å². The molecule has 0 aliphatic carbocycles. The van der Waals surface area contributed by atoms with Crippen LogP contribution in [0.15, 0.2) is 108 Å². The lowest BCUT2D eigenvalue weighted by Gasteiger charge is -2.28. The molecule has 2 aromatic heterocycles. The molecule has 40 heavy (non-hydrogen) atoms. The Bertz CT molecular complexity index is 1670. The van der Waals surface area contributed by atoms with Gasteiger partial charge in [0.2, 0.25) is 0 Å². The lowest BCUT2D eigenvalue weighted by Crippen LogP contribution is -2.29. The highest BCUT2D eigenvalue weighted by molar-refractivity contribution is 9.10. The molecule has 2 atom stereocenters. The zero-order valence-electron chi connectivity index (χ0n) is 22.5. The predicted molar refractivity (Wildman–Crippen MR) is 169 cm³/mol. The van der Waals surface area contributed by atoms with E-state index in [1.165, 1.54) is 11.3 Å². The minimum absolute atomic E-state index is 0.0964. The average Bonchev–Trinajstić information content (AvgIpc) is 3.46. The molecule has 2 unspecified atom stereocenters. The SMILES string of the molecule is Cc1ccccc1Oc1ccc(N2C(=S)NC(c3ccccn3)C2c2cc(C)n(-c3ccc(Br)cc3)c2C)cc1. The lowest BCUT2D eigenvalue weighted by atomic mass is 9.96. The number of rotatable bonds is 6. The molecule has 5 aromatic rings. The Morgan fingerprint density at radius 2 is 1.55 bits per heavy atom. The van der Waals surface area contributed by atoms with Gasteiger partial charge in [0, 0.05) is 33.4 Å². The van der Waals surface area contributed by atoms with Crippen LogP contribution < -0.4 is 15.0 Å². The molecule has 1 fully saturated rings. The molecule has 5 nitrogen and oxygen atoms in total. The first-order chi connectivity index (χ1) is 19.4. The highest BCUT2D eigenvalue weighted by atomic mass is 79.9. The minimum atomic E-state index is -0.115. The number of hydrogen-bond acceptors (Lipinski definition) is 3. The van der Waals surface area contributed by atoms with Crippen LogP contribution in [0.2, 0.25) is 0 Å². The number of halogens is 1. The second-order valence-electron chi connectivity index (χ2n) is 10.00. The van der Waals surface area contributed by atoms with Gasteiger partial charge in [-0.15, -0.1) is 0 Å². The standard InChI is InChI=1S/C33H29BrN4OS/c1-21-8-4-5-10-30(21)39-27-17-15-26(16-18-27)38-32(31(36-33(38)40)29-9-6-7-19-35-29)28-20-22(2)37(23(28)3)25-13-11-24(34)12-14-25/h4-20,31-32H,1-3H3,(H,36,40). The summed E-state index contributed by atoms with van der Waals surface area (Å²) in [7, 11) is 0. The molecule has 1 saturated heterocycles. The molecule has 0 saturated carbocycles. The number of anilines is 1. The van der Waals surface area contributed by atoms with Crippen molar-refractivity contribution in [3.05, 3.63) is 136 Å². The van der Waals surface area contributed by atoms with Gasteiger partial charge in [-0.1, -0.05) is 40.2 Å². The van der Waals surface area contributed by atoms with Crippen LogP contribution in [0.3, 0.4) is 0 Å². The van der Waals surface area contributed by atoms with Gasteiger partial charge in [0.15, 0.2) is 5.11 Å². The molecule has 200 valence electrons. The van der Waals surface area contributed by atoms with Crippen LogP contribution in [0.25, 0.3) is 5.69 Å². The van der Waals surface area contributed by atoms with E-state index in [2.05, 4.69) is 93.1 Å². The third-order valence-electron chi connectivity index (χ3n) is 7.41. The van der Waals surface area contributed by atoms with E-state index >= 15 is 0 Å². The second kappa shape index (κ2) is 10.9. The number of aromatic nitrogens is 2. The number of para-hydroxylation sites is 1. The van der Waals surface area contributed by atoms with E-state index in [0.717, 1.165) is 44.3 Å². The Morgan fingerprint density at radius 3 is 2.25 bits per heavy atom. The highest BCUT2D eigenvalue weighted by Gasteiger charge is 2.42. The zero-order valence-corrected chi connectivity index (χ0v) is 24.9. The molecule has 0 spiro atoms. The van der Waals surface area contributed by atoms with Crippen LogP contribution in [0.5, 0.6) is 11.5 Å². The second-order valence-corrected chi connectivity index (χ2v) is 11.3. The smallest absolute Gasteiger partial charge is 0.174 e. The summed E-state index contributed by atoms with van der Waals surface area (Å²) in [6.07, 6.45) is 1.84. The summed E-state index contributed by atoms with van der Waals surface area (Å²) in [5.41, 5.74) is 7.68. The summed E-state index contributed by atoms with van der Waals surface area (Å²) in [5.74, 6) is 1.63. The van der Waals surface area contributed by atoms with E-state index in [0.29, 0.717) is 5.11 Å². The van der Waals surface area contributed by atoms with E-state index in [9.17, 15) is 0 Å². The molecule has 3 heterocycles. The Balaban J connectivity index is 1.41. The van der Waals surface area contributed by atoms with Crippen molar-refractivity contribution < 1.29 is 4.74 Å². The van der Waals surface area contributed by atoms with Gasteiger partial charge in [-0.3, -0.25) is 4.98 Å². The van der Waals surface area contributed by atoms with Crippen LogP contribution in [0.4, 0.5) is 5.69 Å². The third-order valence-corrected chi connectivity index (χ3v) is 8.25. The van der Waals surface area contributed by atoms with Gasteiger partial charge in [-0.25, -0.2) is 0 Å². The monoisotopic (exact) mass is 608 g/mol. The maximum atomic E-state index is 6.17. The van der Waals surface area contributed by atoms with Crippen molar-refractivity contribution >= 4 is 38.9 Å². The maximum absolute atomic E-state index is 6.17. The molecule has 3 aromatic carbocycles. The van der Waals surface area contributed by atoms with Crippen molar-refractivity contribution in [2.75, 3.05) is 4.90 Å². The minimum Gasteiger partial charge on any atom is -0.457 e. The van der Waals surface area contributed by atoms with Crippen LogP contribution in [-0.2, 0) is 0 Å². The first kappa shape index (κ1) is 26.3. The van der Waals surface area contributed by atoms with Gasteiger partial charge >= 0.3 is 0 Å². The molecular formula is C33H29BrN4OS. The summed E-state index contributed by atoms with van der Waals surface area (Å²) in [6.45, 7) is 6.38. The number of nitrogens with zero attached hydrogens (tertiary/aromatic N) is 3. The van der Waals surface area contributed by atoms with E-state index in [-0.39, 0.29) is 12.1 Å². The van der Waals surface area contributed by atoms with Crippen molar-refractivity contribution in [2.45, 2.75) is 32.9 Å². The fraction of sp³-hybridized carbons (Fsp3) is 0.152. The van der Waals surface area contributed by atoms with E-state index < -0.39 is 0 Å². The Labute approximate surface area is 248 Å². The van der Waals surface area contributed by atoms with Crippen molar-refractivity contribution in [3.8, 4) is 17.2 Å². The molecule has 6 rings (SSSR count). The lowest BCUT2D eigenvalue weighted by molar-refractivity contribution is 0.479. The first-order valence-electron chi connectivity index (χ1n) is 13.2. The van der Waals surface area contributed by atoms with Crippen LogP contribution in [0.1, 0.15) is 40.3 Å². The van der Waals surface area contributed by atoms with E-state index in [4.69, 9.17) is 21.9 Å². The first-order valence-corrected chi connectivity index (χ1v) is 14.4. The average molecular weight is 610 g/mol. The molecular weight excluding hydrogens is 580 g/mol. The zero-order chi connectivity index (χ0) is 27.8. The van der Waals surface area contributed by atoms with Gasteiger partial charge in [0.25, 0.3) is 0 Å². The summed E-state index contributed by atoms with van der Waals surface area (Å²) in [5, 5.41) is 4.25. The largest absolute Gasteiger partial charge is 0.457 e. The summed E-state index contributed by atoms with van der Waals surface area (Å²) in [4.78, 5) is 6.92. The Morgan fingerprint density at radius 1 is 0.850 bits per heavy atom. The molecule has 0 radical (unpaired) electrons. The quantitative estimate of drug-likeness (QED) is 0.196. The van der Waals surface area contributed by atoms with Crippen LogP contribution in [0, 0.1) is 20.8 Å². The number of benzene rings is 3. The topological polar surface area (TPSA) is 42.3 Å². The fourth-order valence-electron chi connectivity index (χ4n) is 5.50. The molecule has 0 amide bonds. The summed E-state index contributed by atoms with van der Waals surface area (Å²) in [6, 6.07) is 32.7. The third kappa shape index (κ3) is 4.91.